The Morgan fingerprint density at radius 1 is 1.00 bits per heavy atom. The van der Waals surface area contributed by atoms with Crippen LogP contribution < -0.4 is 20.7 Å². The number of nitrogens with one attached hydrogen (secondary N) is 1. The number of amides is 3. The van der Waals surface area contributed by atoms with Crippen LogP contribution in [0.3, 0.4) is 0 Å². The maximum Gasteiger partial charge on any atom is 0.405 e. The summed E-state index contributed by atoms with van der Waals surface area (Å²) < 4.78 is 10.9. The van der Waals surface area contributed by atoms with Crippen molar-refractivity contribution in [3.63, 3.8) is 0 Å². The summed E-state index contributed by atoms with van der Waals surface area (Å²) in [5.41, 5.74) is 8.63. The van der Waals surface area contributed by atoms with Gasteiger partial charge in [-0.15, -0.1) is 0 Å². The monoisotopic (exact) mass is 618 g/mol. The average Bonchev–Trinajstić information content (AvgIpc) is 3.04. The number of benzene rings is 3. The number of carbonyl (C=O) groups is 3. The van der Waals surface area contributed by atoms with Crippen LogP contribution in [0.5, 0.6) is 5.75 Å². The number of halogens is 1. The highest BCUT2D eigenvalue weighted by Crippen LogP contribution is 2.34. The fourth-order valence-electron chi connectivity index (χ4n) is 6.04. The van der Waals surface area contributed by atoms with Crippen molar-refractivity contribution in [3.8, 4) is 5.75 Å². The molecule has 2 aliphatic heterocycles. The Labute approximate surface area is 263 Å². The van der Waals surface area contributed by atoms with Gasteiger partial charge in [-0.2, -0.15) is 0 Å². The van der Waals surface area contributed by atoms with E-state index in [4.69, 9.17) is 26.8 Å². The molecule has 5 rings (SSSR count). The maximum atomic E-state index is 13.3. The summed E-state index contributed by atoms with van der Waals surface area (Å²) >= 11 is 6.32. The molecule has 10 heteroatoms. The van der Waals surface area contributed by atoms with Crippen molar-refractivity contribution in [2.45, 2.75) is 44.1 Å². The summed E-state index contributed by atoms with van der Waals surface area (Å²) in [5, 5.41) is 3.58. The Kier molecular flexibility index (Phi) is 10.7. The molecule has 3 aromatic carbocycles. The van der Waals surface area contributed by atoms with Gasteiger partial charge in [0.25, 0.3) is 11.8 Å². The molecule has 3 amide bonds. The van der Waals surface area contributed by atoms with Gasteiger partial charge in [-0.1, -0.05) is 60.1 Å². The van der Waals surface area contributed by atoms with Gasteiger partial charge in [0, 0.05) is 30.2 Å². The van der Waals surface area contributed by atoms with Gasteiger partial charge in [0.15, 0.2) is 6.61 Å². The Morgan fingerprint density at radius 3 is 2.52 bits per heavy atom. The van der Waals surface area contributed by atoms with Gasteiger partial charge in [0.2, 0.25) is 0 Å². The smallest absolute Gasteiger partial charge is 0.405 e. The second kappa shape index (κ2) is 15.1. The van der Waals surface area contributed by atoms with Gasteiger partial charge in [0.05, 0.1) is 5.69 Å². The second-order valence-corrected chi connectivity index (χ2v) is 11.7. The topological polar surface area (TPSA) is 114 Å². The average molecular weight is 619 g/mol. The third kappa shape index (κ3) is 8.09. The number of anilines is 1. The molecule has 9 nitrogen and oxygen atoms in total. The third-order valence-electron chi connectivity index (χ3n) is 8.34. The van der Waals surface area contributed by atoms with Crippen LogP contribution in [0, 0.1) is 0 Å². The van der Waals surface area contributed by atoms with Crippen LogP contribution in [0.15, 0.2) is 72.8 Å². The van der Waals surface area contributed by atoms with Gasteiger partial charge in [-0.05, 0) is 86.5 Å². The highest BCUT2D eigenvalue weighted by atomic mass is 35.5. The first-order chi connectivity index (χ1) is 21.4. The highest BCUT2D eigenvalue weighted by molar-refractivity contribution is 6.31. The summed E-state index contributed by atoms with van der Waals surface area (Å²) in [4.78, 5) is 41.4. The molecular weight excluding hydrogens is 580 g/mol. The van der Waals surface area contributed by atoms with Crippen LogP contribution in [0.2, 0.25) is 5.02 Å². The van der Waals surface area contributed by atoms with E-state index < -0.39 is 12.2 Å². The van der Waals surface area contributed by atoms with Crippen LogP contribution >= 0.6 is 11.6 Å². The largest absolute Gasteiger partial charge is 0.482 e. The highest BCUT2D eigenvalue weighted by Gasteiger charge is 2.28. The molecule has 0 aliphatic carbocycles. The number of hydrogen-bond donors (Lipinski definition) is 2. The molecule has 3 aromatic rings. The van der Waals surface area contributed by atoms with Crippen molar-refractivity contribution >= 4 is 35.2 Å². The minimum absolute atomic E-state index is 0.0228. The number of likely N-dealkylation sites (tertiary alicyclic amines) is 1. The summed E-state index contributed by atoms with van der Waals surface area (Å²) in [6.07, 6.45) is 2.68. The Balaban J connectivity index is 1.10. The number of fused-ring (bicyclic) bond motifs is 1. The Morgan fingerprint density at radius 2 is 1.75 bits per heavy atom. The molecular formula is C34H39ClN4O5. The van der Waals surface area contributed by atoms with Gasteiger partial charge < -0.3 is 30.3 Å². The number of nitrogens with zero attached hydrogens (tertiary/aromatic N) is 2. The number of ether oxygens (including phenoxy) is 2. The molecule has 1 atom stereocenters. The molecule has 2 heterocycles. The molecule has 2 aliphatic rings. The number of unbranched alkanes of at least 4 members (excludes halogenated alkanes) is 1. The molecule has 0 radical (unpaired) electrons. The van der Waals surface area contributed by atoms with E-state index in [0.29, 0.717) is 30.1 Å². The lowest BCUT2D eigenvalue weighted by molar-refractivity contribution is -0.121. The number of piperidine rings is 1. The predicted octanol–water partition coefficient (Wildman–Crippen LogP) is 5.68. The second-order valence-electron chi connectivity index (χ2n) is 11.2. The first kappa shape index (κ1) is 31.3. The maximum absolute atomic E-state index is 13.3. The van der Waals surface area contributed by atoms with Crippen molar-refractivity contribution in [2.24, 2.45) is 5.73 Å². The lowest BCUT2D eigenvalue weighted by Crippen LogP contribution is -2.45. The molecule has 0 bridgehead atoms. The first-order valence-corrected chi connectivity index (χ1v) is 15.6. The Bertz CT molecular complexity index is 1440. The van der Waals surface area contributed by atoms with E-state index in [1.807, 2.05) is 71.6 Å². The lowest BCUT2D eigenvalue weighted by atomic mass is 9.86. The molecule has 44 heavy (non-hydrogen) atoms. The molecule has 1 saturated heterocycles. The number of para-hydroxylation sites is 2. The standard InChI is InChI=1S/C34H39ClN4O5/c35-26-13-14-27(24-15-18-38(19-16-24)20-21-39-29-10-4-5-12-31(29)43-23-32(39)40)28(22-26)33(41)37-17-7-6-11-30(44-34(36)42)25-8-2-1-3-9-25/h1-5,8-10,12-14,22,24,30H,6-7,11,15-21,23H2,(H2,36,42)(H,37,41). The SMILES string of the molecule is NC(=O)OC(CCCCNC(=O)c1cc(Cl)ccc1C1CCN(CCN2C(=O)COc3ccccc32)CC1)c1ccccc1. The van der Waals surface area contributed by atoms with Crippen LogP contribution in [0.25, 0.3) is 0 Å². The number of rotatable bonds is 12. The van der Waals surface area contributed by atoms with Crippen LogP contribution in [-0.2, 0) is 9.53 Å². The van der Waals surface area contributed by atoms with Crippen LogP contribution in [-0.4, -0.2) is 62.1 Å². The van der Waals surface area contributed by atoms with Crippen molar-refractivity contribution in [1.29, 1.82) is 0 Å². The number of primary amides is 1. The van der Waals surface area contributed by atoms with E-state index in [1.54, 1.807) is 6.07 Å². The zero-order valence-corrected chi connectivity index (χ0v) is 25.5. The van der Waals surface area contributed by atoms with E-state index in [9.17, 15) is 14.4 Å². The zero-order chi connectivity index (χ0) is 30.9. The number of nitrogens with two attached hydrogens (primary N) is 1. The van der Waals surface area contributed by atoms with E-state index in [0.717, 1.165) is 67.9 Å². The third-order valence-corrected chi connectivity index (χ3v) is 8.58. The minimum atomic E-state index is -0.801. The van der Waals surface area contributed by atoms with E-state index >= 15 is 0 Å². The molecule has 3 N–H and O–H groups in total. The van der Waals surface area contributed by atoms with Crippen LogP contribution in [0.4, 0.5) is 10.5 Å². The van der Waals surface area contributed by atoms with E-state index in [-0.39, 0.29) is 24.3 Å². The fraction of sp³-hybridized carbons (Fsp3) is 0.382. The molecule has 0 aromatic heterocycles. The molecule has 1 unspecified atom stereocenters. The molecule has 232 valence electrons. The van der Waals surface area contributed by atoms with E-state index in [2.05, 4.69) is 10.2 Å². The van der Waals surface area contributed by atoms with Crippen LogP contribution in [0.1, 0.15) is 65.6 Å². The van der Waals surface area contributed by atoms with Gasteiger partial charge >= 0.3 is 6.09 Å². The van der Waals surface area contributed by atoms with Gasteiger partial charge in [-0.3, -0.25) is 9.59 Å². The quantitative estimate of drug-likeness (QED) is 0.252. The first-order valence-electron chi connectivity index (χ1n) is 15.2. The summed E-state index contributed by atoms with van der Waals surface area (Å²) in [6, 6.07) is 22.7. The predicted molar refractivity (Wildman–Crippen MR) is 170 cm³/mol. The van der Waals surface area contributed by atoms with E-state index in [1.165, 1.54) is 0 Å². The summed E-state index contributed by atoms with van der Waals surface area (Å²) in [6.45, 7) is 3.70. The number of carbonyl (C=O) groups excluding carboxylic acids is 3. The lowest BCUT2D eigenvalue weighted by Gasteiger charge is -2.35. The number of hydrogen-bond acceptors (Lipinski definition) is 6. The molecule has 1 fully saturated rings. The van der Waals surface area contributed by atoms with Gasteiger partial charge in [-0.25, -0.2) is 4.79 Å². The summed E-state index contributed by atoms with van der Waals surface area (Å²) in [5.74, 6) is 0.827. The molecule has 0 saturated carbocycles. The van der Waals surface area contributed by atoms with Crippen molar-refractivity contribution in [2.75, 3.05) is 44.2 Å². The van der Waals surface area contributed by atoms with Gasteiger partial charge in [0.1, 0.15) is 11.9 Å². The summed E-state index contributed by atoms with van der Waals surface area (Å²) in [7, 11) is 0. The normalized spacial score (nSPS) is 16.1. The Hall–Kier alpha value is -4.08. The van der Waals surface area contributed by atoms with Crippen molar-refractivity contribution in [3.05, 3.63) is 94.5 Å². The van der Waals surface area contributed by atoms with Crippen molar-refractivity contribution in [1.82, 2.24) is 10.2 Å². The van der Waals surface area contributed by atoms with Crippen molar-refractivity contribution < 1.29 is 23.9 Å². The zero-order valence-electron chi connectivity index (χ0n) is 24.8. The minimum Gasteiger partial charge on any atom is -0.482 e. The molecule has 0 spiro atoms. The fourth-order valence-corrected chi connectivity index (χ4v) is 6.21.